The van der Waals surface area contributed by atoms with Crippen LogP contribution in [-0.4, -0.2) is 30.1 Å². The maximum atomic E-state index is 13.2. The minimum atomic E-state index is -1.11. The Balaban J connectivity index is 3.00. The second-order valence-corrected chi connectivity index (χ2v) is 4.59. The number of hydrogen-bond donors (Lipinski definition) is 2. The molecule has 2 atom stereocenters. The van der Waals surface area contributed by atoms with Crippen LogP contribution in [0.15, 0.2) is 18.2 Å². The van der Waals surface area contributed by atoms with E-state index >= 15 is 0 Å². The molecule has 0 spiro atoms. The second kappa shape index (κ2) is 6.83. The first-order valence-corrected chi connectivity index (χ1v) is 6.19. The van der Waals surface area contributed by atoms with Gasteiger partial charge in [-0.05, 0) is 18.2 Å². The van der Waals surface area contributed by atoms with Crippen LogP contribution in [0.4, 0.5) is 10.1 Å². The summed E-state index contributed by atoms with van der Waals surface area (Å²) in [5, 5.41) is 11.3. The third-order valence-corrected chi connectivity index (χ3v) is 3.20. The van der Waals surface area contributed by atoms with Crippen molar-refractivity contribution in [1.82, 2.24) is 0 Å². The minimum Gasteiger partial charge on any atom is -0.481 e. The van der Waals surface area contributed by atoms with Crippen LogP contribution in [-0.2, 0) is 14.3 Å². The van der Waals surface area contributed by atoms with Crippen LogP contribution in [0, 0.1) is 17.7 Å². The fourth-order valence-corrected chi connectivity index (χ4v) is 1.59. The summed E-state index contributed by atoms with van der Waals surface area (Å²) in [6, 6.07) is 3.23. The Bertz CT molecular complexity index is 572. The first-order chi connectivity index (χ1) is 9.77. The van der Waals surface area contributed by atoms with E-state index in [0.717, 1.165) is 19.2 Å². The van der Waals surface area contributed by atoms with Gasteiger partial charge in [-0.15, -0.1) is 0 Å². The molecule has 2 unspecified atom stereocenters. The van der Waals surface area contributed by atoms with E-state index in [4.69, 9.17) is 5.11 Å². The van der Waals surface area contributed by atoms with Crippen LogP contribution in [0.3, 0.4) is 0 Å². The number of aliphatic carboxylic acids is 1. The van der Waals surface area contributed by atoms with Gasteiger partial charge in [-0.1, -0.05) is 13.8 Å². The van der Waals surface area contributed by atoms with Crippen molar-refractivity contribution in [3.63, 3.8) is 0 Å². The zero-order valence-electron chi connectivity index (χ0n) is 11.8. The molecular weight excluding hydrogens is 281 g/mol. The number of benzene rings is 1. The lowest BCUT2D eigenvalue weighted by Crippen LogP contribution is -2.30. The third-order valence-electron chi connectivity index (χ3n) is 3.20. The van der Waals surface area contributed by atoms with Crippen molar-refractivity contribution >= 4 is 23.5 Å². The van der Waals surface area contributed by atoms with Crippen molar-refractivity contribution in [3.05, 3.63) is 29.6 Å². The quantitative estimate of drug-likeness (QED) is 0.810. The highest BCUT2D eigenvalue weighted by Gasteiger charge is 2.26. The molecule has 0 radical (unpaired) electrons. The summed E-state index contributed by atoms with van der Waals surface area (Å²) in [5.74, 6) is -4.86. The predicted octanol–water partition coefficient (Wildman–Crippen LogP) is 1.91. The summed E-state index contributed by atoms with van der Waals surface area (Å²) in [5.41, 5.74) is -0.0706. The highest BCUT2D eigenvalue weighted by molar-refractivity contribution is 6.02. The monoisotopic (exact) mass is 297 g/mol. The molecule has 6 nitrogen and oxygen atoms in total. The molecule has 1 aromatic rings. The number of ether oxygens (including phenoxy) is 1. The van der Waals surface area contributed by atoms with Gasteiger partial charge in [-0.3, -0.25) is 9.59 Å². The Morgan fingerprint density at radius 2 is 1.86 bits per heavy atom. The topological polar surface area (TPSA) is 92.7 Å². The van der Waals surface area contributed by atoms with Crippen LogP contribution in [0.1, 0.15) is 24.2 Å². The molecule has 0 aliphatic heterocycles. The highest BCUT2D eigenvalue weighted by Crippen LogP contribution is 2.20. The number of carbonyl (C=O) groups is 3. The number of esters is 1. The predicted molar refractivity (Wildman–Crippen MR) is 72.3 cm³/mol. The van der Waals surface area contributed by atoms with Gasteiger partial charge in [0.2, 0.25) is 5.91 Å². The molecule has 0 aromatic heterocycles. The van der Waals surface area contributed by atoms with E-state index < -0.39 is 35.5 Å². The molecular formula is C14H16FNO5. The maximum Gasteiger partial charge on any atom is 0.340 e. The summed E-state index contributed by atoms with van der Waals surface area (Å²) in [6.07, 6.45) is 0. The SMILES string of the molecule is COC(=O)c1cc(F)ccc1NC(=O)C(C)C(C)C(=O)O. The van der Waals surface area contributed by atoms with E-state index in [1.54, 1.807) is 0 Å². The molecule has 21 heavy (non-hydrogen) atoms. The van der Waals surface area contributed by atoms with Crippen molar-refractivity contribution < 1.29 is 28.6 Å². The summed E-state index contributed by atoms with van der Waals surface area (Å²) >= 11 is 0. The fraction of sp³-hybridized carbons (Fsp3) is 0.357. The average molecular weight is 297 g/mol. The number of amides is 1. The standard InChI is InChI=1S/C14H16FNO5/c1-7(8(2)13(18)19)12(17)16-11-5-4-9(15)6-10(11)14(20)21-3/h4-8H,1-3H3,(H,16,17)(H,18,19). The zero-order valence-corrected chi connectivity index (χ0v) is 11.8. The van der Waals surface area contributed by atoms with Crippen LogP contribution in [0.5, 0.6) is 0 Å². The lowest BCUT2D eigenvalue weighted by molar-refractivity contribution is -0.145. The number of nitrogens with one attached hydrogen (secondary N) is 1. The lowest BCUT2D eigenvalue weighted by Gasteiger charge is -2.17. The molecule has 0 saturated carbocycles. The fourth-order valence-electron chi connectivity index (χ4n) is 1.59. The number of methoxy groups -OCH3 is 1. The van der Waals surface area contributed by atoms with Crippen LogP contribution >= 0.6 is 0 Å². The maximum absolute atomic E-state index is 13.2. The molecule has 114 valence electrons. The first-order valence-electron chi connectivity index (χ1n) is 6.19. The van der Waals surface area contributed by atoms with E-state index in [1.165, 1.54) is 19.9 Å². The van der Waals surface area contributed by atoms with Gasteiger partial charge >= 0.3 is 11.9 Å². The molecule has 0 fully saturated rings. The van der Waals surface area contributed by atoms with Gasteiger partial charge in [0.15, 0.2) is 0 Å². The molecule has 2 N–H and O–H groups in total. The Hall–Kier alpha value is -2.44. The van der Waals surface area contributed by atoms with E-state index in [2.05, 4.69) is 10.1 Å². The van der Waals surface area contributed by atoms with E-state index in [1.807, 2.05) is 0 Å². The van der Waals surface area contributed by atoms with Crippen molar-refractivity contribution in [2.45, 2.75) is 13.8 Å². The molecule has 0 aliphatic rings. The van der Waals surface area contributed by atoms with E-state index in [-0.39, 0.29) is 11.3 Å². The molecule has 7 heteroatoms. The van der Waals surface area contributed by atoms with Crippen LogP contribution < -0.4 is 5.32 Å². The molecule has 1 rings (SSSR count). The van der Waals surface area contributed by atoms with E-state index in [0.29, 0.717) is 0 Å². The number of carbonyl (C=O) groups excluding carboxylic acids is 2. The molecule has 1 amide bonds. The summed E-state index contributed by atoms with van der Waals surface area (Å²) in [7, 11) is 1.13. The number of anilines is 1. The summed E-state index contributed by atoms with van der Waals surface area (Å²) < 4.78 is 17.7. The van der Waals surface area contributed by atoms with Crippen LogP contribution in [0.25, 0.3) is 0 Å². The smallest absolute Gasteiger partial charge is 0.340 e. The highest BCUT2D eigenvalue weighted by atomic mass is 19.1. The number of carboxylic acid groups (broad SMARTS) is 1. The van der Waals surface area contributed by atoms with Gasteiger partial charge < -0.3 is 15.2 Å². The Morgan fingerprint density at radius 3 is 2.38 bits per heavy atom. The Morgan fingerprint density at radius 1 is 1.24 bits per heavy atom. The Kier molecular flexibility index (Phi) is 5.40. The largest absolute Gasteiger partial charge is 0.481 e. The molecule has 1 aromatic carbocycles. The Labute approximate surface area is 120 Å². The number of halogens is 1. The molecule has 0 bridgehead atoms. The van der Waals surface area contributed by atoms with Crippen molar-refractivity contribution in [2.75, 3.05) is 12.4 Å². The van der Waals surface area contributed by atoms with Gasteiger partial charge in [-0.25, -0.2) is 9.18 Å². The van der Waals surface area contributed by atoms with Gasteiger partial charge in [0.25, 0.3) is 0 Å². The first kappa shape index (κ1) is 16.6. The average Bonchev–Trinajstić information content (AvgIpc) is 2.46. The summed E-state index contributed by atoms with van der Waals surface area (Å²) in [4.78, 5) is 34.4. The molecule has 0 saturated heterocycles. The van der Waals surface area contributed by atoms with Gasteiger partial charge in [0, 0.05) is 5.92 Å². The summed E-state index contributed by atoms with van der Waals surface area (Å²) in [6.45, 7) is 2.86. The van der Waals surface area contributed by atoms with Gasteiger partial charge in [-0.2, -0.15) is 0 Å². The minimum absolute atomic E-state index is 0.0673. The van der Waals surface area contributed by atoms with Gasteiger partial charge in [0.1, 0.15) is 5.82 Å². The molecule has 0 aliphatic carbocycles. The van der Waals surface area contributed by atoms with Crippen molar-refractivity contribution in [1.29, 1.82) is 0 Å². The van der Waals surface area contributed by atoms with Crippen molar-refractivity contribution in [3.8, 4) is 0 Å². The lowest BCUT2D eigenvalue weighted by atomic mass is 9.95. The second-order valence-electron chi connectivity index (χ2n) is 4.59. The van der Waals surface area contributed by atoms with Crippen molar-refractivity contribution in [2.24, 2.45) is 11.8 Å². The normalized spacial score (nSPS) is 13.1. The molecule has 0 heterocycles. The number of rotatable bonds is 5. The van der Waals surface area contributed by atoms with Gasteiger partial charge in [0.05, 0.1) is 24.3 Å². The van der Waals surface area contributed by atoms with Crippen LogP contribution in [0.2, 0.25) is 0 Å². The third kappa shape index (κ3) is 4.01. The number of hydrogen-bond acceptors (Lipinski definition) is 4. The van der Waals surface area contributed by atoms with E-state index in [9.17, 15) is 18.8 Å². The number of carboxylic acids is 1. The zero-order chi connectivity index (χ0) is 16.2.